The predicted octanol–water partition coefficient (Wildman–Crippen LogP) is 12.1. The summed E-state index contributed by atoms with van der Waals surface area (Å²) in [5.74, 6) is -2.28. The average molecular weight is 801 g/mol. The predicted molar refractivity (Wildman–Crippen MR) is 219 cm³/mol. The van der Waals surface area contributed by atoms with Crippen LogP contribution in [0.15, 0.2) is 0 Å². The molecule has 0 heterocycles. The van der Waals surface area contributed by atoms with Gasteiger partial charge in [0, 0.05) is 0 Å². The molecule has 0 rings (SSSR count). The van der Waals surface area contributed by atoms with Crippen molar-refractivity contribution in [2.75, 3.05) is 33.0 Å². The van der Waals surface area contributed by atoms with E-state index in [0.717, 1.165) is 38.5 Å². The second-order valence-corrected chi connectivity index (χ2v) is 18.9. The zero-order valence-corrected chi connectivity index (χ0v) is 36.2. The van der Waals surface area contributed by atoms with Crippen LogP contribution >= 0.6 is 15.4 Å². The van der Waals surface area contributed by atoms with E-state index < -0.39 is 46.5 Å². The summed E-state index contributed by atoms with van der Waals surface area (Å²) >= 11 is 0. The summed E-state index contributed by atoms with van der Waals surface area (Å²) in [5, 5.41) is 29.6. The fourth-order valence-corrected chi connectivity index (χ4v) is 9.95. The van der Waals surface area contributed by atoms with Crippen molar-refractivity contribution in [2.24, 2.45) is 5.41 Å². The molecule has 320 valence electrons. The fraction of sp³-hybridized carbons (Fsp3) is 1.00. The lowest BCUT2D eigenvalue weighted by Gasteiger charge is -2.37. The molecule has 0 bridgehead atoms. The fourth-order valence-electron chi connectivity index (χ4n) is 6.79. The molecule has 1 atom stereocenters. The summed E-state index contributed by atoms with van der Waals surface area (Å²) in [6.07, 6.45) is 38.6. The van der Waals surface area contributed by atoms with Crippen molar-refractivity contribution in [3.05, 3.63) is 0 Å². The lowest BCUT2D eigenvalue weighted by atomic mass is 9.92. The Morgan fingerprint density at radius 3 is 0.849 bits per heavy atom. The number of aliphatic hydroxyl groups is 3. The van der Waals surface area contributed by atoms with Crippen molar-refractivity contribution in [3.63, 3.8) is 0 Å². The van der Waals surface area contributed by atoms with Crippen LogP contribution in [-0.2, 0) is 22.7 Å². The molecule has 0 fully saturated rings. The van der Waals surface area contributed by atoms with Crippen LogP contribution in [0, 0.1) is 5.41 Å². The summed E-state index contributed by atoms with van der Waals surface area (Å²) < 4.78 is 42.6. The van der Waals surface area contributed by atoms with E-state index in [-0.39, 0.29) is 13.2 Å². The third kappa shape index (κ3) is 30.0. The molecule has 12 heteroatoms. The van der Waals surface area contributed by atoms with Gasteiger partial charge >= 0.3 is 15.4 Å². The molecule has 53 heavy (non-hydrogen) atoms. The maximum absolute atomic E-state index is 13.7. The molecule has 0 saturated heterocycles. The van der Waals surface area contributed by atoms with E-state index in [0.29, 0.717) is 12.8 Å². The van der Waals surface area contributed by atoms with Gasteiger partial charge in [0.2, 0.25) is 0 Å². The highest BCUT2D eigenvalue weighted by molar-refractivity contribution is 7.54. The van der Waals surface area contributed by atoms with Gasteiger partial charge in [-0.15, -0.1) is 0 Å². The average Bonchev–Trinajstić information content (AvgIpc) is 3.14. The highest BCUT2D eigenvalue weighted by Gasteiger charge is 2.53. The molecule has 0 amide bonds. The van der Waals surface area contributed by atoms with Crippen LogP contribution in [0.5, 0.6) is 0 Å². The lowest BCUT2D eigenvalue weighted by Crippen LogP contribution is -2.46. The Morgan fingerprint density at radius 1 is 0.415 bits per heavy atom. The first-order chi connectivity index (χ1) is 25.6. The van der Waals surface area contributed by atoms with Gasteiger partial charge < -0.3 is 25.1 Å². The Hall–Kier alpha value is 0.140. The Morgan fingerprint density at radius 2 is 0.642 bits per heavy atom. The van der Waals surface area contributed by atoms with Crippen molar-refractivity contribution in [3.8, 4) is 0 Å². The molecule has 0 aromatic rings. The first-order valence-corrected chi connectivity index (χ1v) is 25.2. The number of hydrogen-bond acceptors (Lipinski definition) is 8. The molecule has 0 aliphatic carbocycles. The van der Waals surface area contributed by atoms with Crippen LogP contribution in [0.2, 0.25) is 0 Å². The highest BCUT2D eigenvalue weighted by Crippen LogP contribution is 2.60. The number of phosphoric ester groups is 1. The number of rotatable bonds is 43. The maximum atomic E-state index is 13.7. The van der Waals surface area contributed by atoms with Crippen LogP contribution in [-0.4, -0.2) is 64.0 Å². The van der Waals surface area contributed by atoms with Gasteiger partial charge in [-0.05, 0) is 12.8 Å². The largest absolute Gasteiger partial charge is 0.475 e. The van der Waals surface area contributed by atoms with Crippen molar-refractivity contribution >= 4 is 15.4 Å². The Labute approximate surface area is 326 Å². The summed E-state index contributed by atoms with van der Waals surface area (Å²) in [4.78, 5) is 20.1. The molecule has 10 nitrogen and oxygen atoms in total. The minimum absolute atomic E-state index is 0.00688. The molecular weight excluding hydrogens is 714 g/mol. The molecule has 1 unspecified atom stereocenters. The van der Waals surface area contributed by atoms with Gasteiger partial charge in [0.25, 0.3) is 0 Å². The van der Waals surface area contributed by atoms with Gasteiger partial charge in [0.15, 0.2) is 5.85 Å². The highest BCUT2D eigenvalue weighted by atomic mass is 31.2. The molecule has 0 aliphatic rings. The van der Waals surface area contributed by atoms with Gasteiger partial charge in [-0.1, -0.05) is 206 Å². The van der Waals surface area contributed by atoms with E-state index in [1.54, 1.807) is 0 Å². The minimum Gasteiger partial charge on any atom is -0.395 e. The summed E-state index contributed by atoms with van der Waals surface area (Å²) in [5.41, 5.74) is -2.15. The maximum Gasteiger partial charge on any atom is 0.475 e. The third-order valence-corrected chi connectivity index (χ3v) is 13.4. The van der Waals surface area contributed by atoms with E-state index >= 15 is 0 Å². The zero-order chi connectivity index (χ0) is 39.4. The monoisotopic (exact) mass is 801 g/mol. The topological polar surface area (TPSA) is 163 Å². The van der Waals surface area contributed by atoms with Gasteiger partial charge in [0.05, 0.1) is 38.4 Å². The van der Waals surface area contributed by atoms with Crippen molar-refractivity contribution in [1.82, 2.24) is 0 Å². The molecule has 0 radical (unpaired) electrons. The zero-order valence-electron chi connectivity index (χ0n) is 34.4. The SMILES string of the molecule is CCCCCCCCCCCCCCCCCCOP(=O)(OCCCCCCCCCCCCCCCCCC)OC(C(CO)(CO)CO)P(=O)(O)O. The Bertz CT molecular complexity index is 817. The van der Waals surface area contributed by atoms with E-state index in [1.807, 2.05) is 0 Å². The van der Waals surface area contributed by atoms with Crippen LogP contribution < -0.4 is 0 Å². The molecule has 0 aliphatic heterocycles. The Balaban J connectivity index is 4.50. The first kappa shape index (κ1) is 53.1. The number of unbranched alkanes of at least 4 members (excludes halogenated alkanes) is 30. The standard InChI is InChI=1S/C41H86O10P2/c1-3-5-7-9-11-13-15-17-19-21-23-25-27-29-31-33-35-49-53(48,51-40(52(45,46)47)41(37-42,38-43)39-44)50-36-34-32-30-28-26-24-22-20-18-16-14-12-10-8-6-4-2/h40,42-44H,3-39H2,1-2H3,(H2,45,46,47). The van der Waals surface area contributed by atoms with E-state index in [1.165, 1.54) is 154 Å². The minimum atomic E-state index is -5.23. The quantitative estimate of drug-likeness (QED) is 0.0296. The van der Waals surface area contributed by atoms with Gasteiger partial charge in [-0.25, -0.2) is 4.57 Å². The normalized spacial score (nSPS) is 13.3. The molecular formula is C41H86O10P2. The second-order valence-electron chi connectivity index (χ2n) is 15.6. The molecule has 5 N–H and O–H groups in total. The molecule has 0 spiro atoms. The second kappa shape index (κ2) is 36.5. The Kier molecular flexibility index (Phi) is 36.6. The number of phosphoric acid groups is 1. The van der Waals surface area contributed by atoms with Crippen molar-refractivity contribution in [2.45, 2.75) is 225 Å². The number of hydrogen-bond donors (Lipinski definition) is 5. The van der Waals surface area contributed by atoms with Crippen LogP contribution in [0.25, 0.3) is 0 Å². The summed E-state index contributed by atoms with van der Waals surface area (Å²) in [6, 6.07) is 0. The van der Waals surface area contributed by atoms with Crippen molar-refractivity contribution < 1.29 is 47.8 Å². The summed E-state index contributed by atoms with van der Waals surface area (Å²) in [7, 11) is -9.75. The molecule has 0 aromatic heterocycles. The van der Waals surface area contributed by atoms with Gasteiger partial charge in [-0.3, -0.25) is 18.1 Å². The van der Waals surface area contributed by atoms with Gasteiger partial charge in [-0.2, -0.15) is 0 Å². The van der Waals surface area contributed by atoms with E-state index in [9.17, 15) is 34.2 Å². The van der Waals surface area contributed by atoms with Crippen LogP contribution in [0.1, 0.15) is 219 Å². The smallest absolute Gasteiger partial charge is 0.395 e. The van der Waals surface area contributed by atoms with Crippen LogP contribution in [0.3, 0.4) is 0 Å². The van der Waals surface area contributed by atoms with E-state index in [4.69, 9.17) is 13.6 Å². The summed E-state index contributed by atoms with van der Waals surface area (Å²) in [6.45, 7) is 1.50. The molecule has 0 saturated carbocycles. The van der Waals surface area contributed by atoms with Gasteiger partial charge in [0.1, 0.15) is 0 Å². The van der Waals surface area contributed by atoms with Crippen molar-refractivity contribution in [1.29, 1.82) is 0 Å². The third-order valence-electron chi connectivity index (χ3n) is 10.5. The lowest BCUT2D eigenvalue weighted by molar-refractivity contribution is -0.0615. The van der Waals surface area contributed by atoms with Crippen LogP contribution in [0.4, 0.5) is 0 Å². The molecule has 0 aromatic carbocycles. The first-order valence-electron chi connectivity index (χ1n) is 22.1. The number of aliphatic hydroxyl groups excluding tert-OH is 3. The van der Waals surface area contributed by atoms with E-state index in [2.05, 4.69) is 13.8 Å².